The van der Waals surface area contributed by atoms with Crippen LogP contribution in [-0.2, 0) is 4.57 Å². The summed E-state index contributed by atoms with van der Waals surface area (Å²) in [6.45, 7) is 10.2. The highest BCUT2D eigenvalue weighted by molar-refractivity contribution is 7.40. The van der Waals surface area contributed by atoms with Crippen LogP contribution >= 0.6 is 7.82 Å². The van der Waals surface area contributed by atoms with Crippen molar-refractivity contribution in [2.24, 2.45) is 0 Å². The Morgan fingerprint density at radius 3 is 0.429 bits per heavy atom. The van der Waals surface area contributed by atoms with Crippen molar-refractivity contribution in [2.45, 2.75) is 290 Å². The summed E-state index contributed by atoms with van der Waals surface area (Å²) in [6, 6.07) is 0. The number of quaternary nitrogens is 3. The van der Waals surface area contributed by atoms with Gasteiger partial charge in [0.05, 0.1) is 19.6 Å². The third-order valence-corrected chi connectivity index (χ3v) is 10.8. The lowest BCUT2D eigenvalue weighted by Gasteiger charge is -2.36. The molecule has 9 N–H and O–H groups in total. The van der Waals surface area contributed by atoms with Crippen LogP contribution in [-0.4, -0.2) is 19.6 Å². The van der Waals surface area contributed by atoms with Gasteiger partial charge in [-0.1, -0.05) is 252 Å². The molecule has 0 bridgehead atoms. The first kappa shape index (κ1) is 62.6. The number of hydrogen-bond acceptors (Lipinski definition) is 4. The van der Waals surface area contributed by atoms with Gasteiger partial charge in [-0.25, -0.2) is 0 Å². The van der Waals surface area contributed by atoms with E-state index in [1.54, 1.807) is 0 Å². The highest BCUT2D eigenvalue weighted by atomic mass is 31.2. The summed E-state index contributed by atoms with van der Waals surface area (Å²) in [7, 11) is -5.39. The standard InChI is InChI=1S/3C16H35N.H3O4P/c3*1-2-3-4-5-6-7-8-9-10-11-12-13-14-15-16-17;1-5(2,3)4/h3*2-17H2,1H3;(H3,1,2,3,4). The molecule has 8 heteroatoms. The topological polar surface area (TPSA) is 169 Å². The fraction of sp³-hybridized carbons (Fsp3) is 1.00. The molecular formula is C48H108N3O4P. The van der Waals surface area contributed by atoms with Crippen LogP contribution in [0.4, 0.5) is 0 Å². The van der Waals surface area contributed by atoms with Gasteiger partial charge < -0.3 is 36.4 Å². The zero-order valence-corrected chi connectivity index (χ0v) is 39.9. The summed E-state index contributed by atoms with van der Waals surface area (Å²) in [5.41, 5.74) is 11.6. The molecular weight excluding hydrogens is 714 g/mol. The summed E-state index contributed by atoms with van der Waals surface area (Å²) in [5.74, 6) is 0. The molecule has 0 aromatic carbocycles. The van der Waals surface area contributed by atoms with Crippen molar-refractivity contribution in [3.8, 4) is 0 Å². The van der Waals surface area contributed by atoms with Crippen molar-refractivity contribution in [3.05, 3.63) is 0 Å². The average Bonchev–Trinajstić information content (AvgIpc) is 3.17. The van der Waals surface area contributed by atoms with E-state index in [4.69, 9.17) is 19.2 Å². The summed E-state index contributed by atoms with van der Waals surface area (Å²) in [5, 5.41) is 0. The summed E-state index contributed by atoms with van der Waals surface area (Å²) in [6.07, 6.45) is 60.6. The highest BCUT2D eigenvalue weighted by Gasteiger charge is 1.96. The van der Waals surface area contributed by atoms with E-state index in [1.165, 1.54) is 270 Å². The lowest BCUT2D eigenvalue weighted by atomic mass is 10.0. The second-order valence-electron chi connectivity index (χ2n) is 16.8. The quantitative estimate of drug-likeness (QED) is 0.0411. The van der Waals surface area contributed by atoms with Crippen LogP contribution in [0.1, 0.15) is 290 Å². The Hall–Kier alpha value is -0.0100. The van der Waals surface area contributed by atoms with Crippen molar-refractivity contribution in [3.63, 3.8) is 0 Å². The highest BCUT2D eigenvalue weighted by Crippen LogP contribution is 2.15. The minimum absolute atomic E-state index is 1.12. The lowest BCUT2D eigenvalue weighted by molar-refractivity contribution is -0.432. The largest absolute Gasteiger partial charge is 0.822 e. The molecule has 0 spiro atoms. The van der Waals surface area contributed by atoms with Gasteiger partial charge in [0.2, 0.25) is 0 Å². The van der Waals surface area contributed by atoms with Crippen molar-refractivity contribution in [1.82, 2.24) is 0 Å². The van der Waals surface area contributed by atoms with Gasteiger partial charge in [-0.05, 0) is 38.5 Å². The molecule has 0 aromatic rings. The molecule has 7 nitrogen and oxygen atoms in total. The molecule has 344 valence electrons. The minimum Gasteiger partial charge on any atom is -0.822 e. The van der Waals surface area contributed by atoms with Crippen molar-refractivity contribution < 1.29 is 36.4 Å². The monoisotopic (exact) mass is 822 g/mol. The smallest absolute Gasteiger partial charge is 0.0739 e. The molecule has 0 saturated heterocycles. The normalized spacial score (nSPS) is 11.0. The van der Waals surface area contributed by atoms with Crippen LogP contribution in [0.5, 0.6) is 0 Å². The first-order valence-electron chi connectivity index (χ1n) is 25.4. The Morgan fingerprint density at radius 1 is 0.250 bits per heavy atom. The molecule has 0 unspecified atom stereocenters. The minimum atomic E-state index is -5.39. The van der Waals surface area contributed by atoms with Crippen molar-refractivity contribution in [2.75, 3.05) is 19.6 Å². The third-order valence-electron chi connectivity index (χ3n) is 10.8. The average molecular weight is 822 g/mol. The predicted molar refractivity (Wildman–Crippen MR) is 242 cm³/mol. The van der Waals surface area contributed by atoms with E-state index in [0.29, 0.717) is 0 Å². The number of rotatable bonds is 42. The van der Waals surface area contributed by atoms with E-state index in [1.807, 2.05) is 0 Å². The first-order valence-corrected chi connectivity index (χ1v) is 26.8. The maximum Gasteiger partial charge on any atom is 0.0739 e. The zero-order valence-electron chi connectivity index (χ0n) is 39.0. The van der Waals surface area contributed by atoms with Crippen molar-refractivity contribution >= 4 is 7.82 Å². The molecule has 0 rings (SSSR count). The first-order chi connectivity index (χ1) is 27.2. The van der Waals surface area contributed by atoms with Gasteiger partial charge in [0, 0.05) is 0 Å². The van der Waals surface area contributed by atoms with E-state index in [-0.39, 0.29) is 0 Å². The predicted octanol–water partition coefficient (Wildman–Crippen LogP) is 11.3. The molecule has 0 aliphatic carbocycles. The molecule has 0 amide bonds. The van der Waals surface area contributed by atoms with E-state index >= 15 is 0 Å². The molecule has 56 heavy (non-hydrogen) atoms. The molecule has 0 saturated carbocycles. The zero-order chi connectivity index (χ0) is 42.3. The lowest BCUT2D eigenvalue weighted by Crippen LogP contribution is -2.50. The number of hydrogen-bond donors (Lipinski definition) is 3. The van der Waals surface area contributed by atoms with Gasteiger partial charge in [0.1, 0.15) is 0 Å². The second kappa shape index (κ2) is 61.7. The molecule has 0 atom stereocenters. The van der Waals surface area contributed by atoms with Gasteiger partial charge >= 0.3 is 0 Å². The van der Waals surface area contributed by atoms with Crippen LogP contribution in [0.25, 0.3) is 0 Å². The Balaban J connectivity index is -0.000000340. The Labute approximate surface area is 353 Å². The van der Waals surface area contributed by atoms with Gasteiger partial charge in [-0.2, -0.15) is 7.82 Å². The van der Waals surface area contributed by atoms with Crippen LogP contribution < -0.4 is 31.9 Å². The Bertz CT molecular complexity index is 547. The van der Waals surface area contributed by atoms with Gasteiger partial charge in [0.15, 0.2) is 0 Å². The maximum atomic E-state index is 8.55. The molecule has 0 radical (unpaired) electrons. The van der Waals surface area contributed by atoms with E-state index in [0.717, 1.165) is 19.6 Å². The second-order valence-corrected chi connectivity index (χ2v) is 17.7. The fourth-order valence-corrected chi connectivity index (χ4v) is 7.11. The van der Waals surface area contributed by atoms with Crippen LogP contribution in [0.2, 0.25) is 0 Å². The summed E-state index contributed by atoms with van der Waals surface area (Å²) < 4.78 is 8.55. The SMILES string of the molecule is CCCCCCCCCCCCCCCC[NH3+].CCCCCCCCCCCCCCCC[NH3+].CCCCCCCCCCCCCCCC[NH3+].O=P([O-])([O-])[O-]. The van der Waals surface area contributed by atoms with Crippen LogP contribution in [0, 0.1) is 0 Å². The van der Waals surface area contributed by atoms with Crippen LogP contribution in [0.15, 0.2) is 0 Å². The van der Waals surface area contributed by atoms with Crippen LogP contribution in [0.3, 0.4) is 0 Å². The maximum absolute atomic E-state index is 8.55. The van der Waals surface area contributed by atoms with E-state index in [2.05, 4.69) is 38.0 Å². The molecule has 0 aromatic heterocycles. The Kier molecular flexibility index (Phi) is 69.0. The number of phosphoric acid groups is 1. The number of unbranched alkanes of at least 4 members (excludes halogenated alkanes) is 39. The molecule has 0 aliphatic heterocycles. The van der Waals surface area contributed by atoms with Gasteiger partial charge in [0.25, 0.3) is 0 Å². The summed E-state index contributed by atoms with van der Waals surface area (Å²) >= 11 is 0. The molecule has 0 fully saturated rings. The van der Waals surface area contributed by atoms with E-state index < -0.39 is 7.82 Å². The molecule has 0 aliphatic rings. The fourth-order valence-electron chi connectivity index (χ4n) is 7.11. The third kappa shape index (κ3) is 86.0. The summed E-state index contributed by atoms with van der Waals surface area (Å²) in [4.78, 5) is 25.6. The molecule has 0 heterocycles. The van der Waals surface area contributed by atoms with Gasteiger partial charge in [-0.3, -0.25) is 0 Å². The van der Waals surface area contributed by atoms with Crippen molar-refractivity contribution in [1.29, 1.82) is 0 Å². The van der Waals surface area contributed by atoms with Gasteiger partial charge in [-0.15, -0.1) is 0 Å². The Morgan fingerprint density at radius 2 is 0.339 bits per heavy atom. The van der Waals surface area contributed by atoms with E-state index in [9.17, 15) is 0 Å².